The van der Waals surface area contributed by atoms with E-state index in [4.69, 9.17) is 5.11 Å². The number of rotatable bonds is 4. The van der Waals surface area contributed by atoms with Gasteiger partial charge in [0.2, 0.25) is 0 Å². The number of carboxylic acid groups (broad SMARTS) is 1. The summed E-state index contributed by atoms with van der Waals surface area (Å²) in [5.74, 6) is -4.74. The Morgan fingerprint density at radius 2 is 2.21 bits per heavy atom. The van der Waals surface area contributed by atoms with Crippen LogP contribution in [0.25, 0.3) is 0 Å². The summed E-state index contributed by atoms with van der Waals surface area (Å²) in [6, 6.07) is 4.63. The average Bonchev–Trinajstić information content (AvgIpc) is 2.02. The molecule has 0 aromatic carbocycles. The Balaban J connectivity index is 2.63. The molecule has 1 N–H and O–H groups in total. The number of nitrogens with zero attached hydrogens (tertiary/aromatic N) is 1. The normalized spacial score (nSPS) is 11.3. The van der Waals surface area contributed by atoms with Crippen molar-refractivity contribution in [3.05, 3.63) is 30.1 Å². The minimum absolute atomic E-state index is 0.193. The van der Waals surface area contributed by atoms with Crippen molar-refractivity contribution in [3.63, 3.8) is 0 Å². The van der Waals surface area contributed by atoms with Crippen LogP contribution in [-0.4, -0.2) is 22.0 Å². The van der Waals surface area contributed by atoms with Gasteiger partial charge in [0.05, 0.1) is 6.42 Å². The van der Waals surface area contributed by atoms with Gasteiger partial charge in [-0.15, -0.1) is 0 Å². The molecule has 0 aliphatic rings. The molecular formula is C9H9F2NO2. The zero-order valence-electron chi connectivity index (χ0n) is 7.28. The lowest BCUT2D eigenvalue weighted by Gasteiger charge is -2.12. The van der Waals surface area contributed by atoms with Crippen molar-refractivity contribution in [2.45, 2.75) is 18.8 Å². The quantitative estimate of drug-likeness (QED) is 0.807. The first-order valence-electron chi connectivity index (χ1n) is 3.99. The number of carbonyl (C=O) groups is 1. The Labute approximate surface area is 79.4 Å². The Kier molecular flexibility index (Phi) is 3.11. The van der Waals surface area contributed by atoms with E-state index >= 15 is 0 Å². The van der Waals surface area contributed by atoms with E-state index < -0.39 is 24.7 Å². The predicted molar refractivity (Wildman–Crippen MR) is 45.1 cm³/mol. The minimum atomic E-state index is -3.24. The molecule has 0 radical (unpaired) electrons. The predicted octanol–water partition coefficient (Wildman–Crippen LogP) is 1.73. The molecule has 0 amide bonds. The van der Waals surface area contributed by atoms with Crippen LogP contribution in [0.4, 0.5) is 8.78 Å². The second kappa shape index (κ2) is 4.13. The number of carboxylic acids is 1. The van der Waals surface area contributed by atoms with Crippen molar-refractivity contribution in [1.82, 2.24) is 4.98 Å². The first kappa shape index (κ1) is 10.6. The highest BCUT2D eigenvalue weighted by molar-refractivity contribution is 5.67. The van der Waals surface area contributed by atoms with Crippen molar-refractivity contribution >= 4 is 5.97 Å². The SMILES string of the molecule is O=C(O)CC(F)(F)Cc1ccccn1. The van der Waals surface area contributed by atoms with Gasteiger partial charge in [-0.05, 0) is 12.1 Å². The fourth-order valence-corrected chi connectivity index (χ4v) is 1.05. The first-order valence-corrected chi connectivity index (χ1v) is 3.99. The van der Waals surface area contributed by atoms with E-state index in [2.05, 4.69) is 4.98 Å². The first-order chi connectivity index (χ1) is 6.49. The lowest BCUT2D eigenvalue weighted by Crippen LogP contribution is -2.24. The molecule has 0 fully saturated rings. The van der Waals surface area contributed by atoms with E-state index in [1.165, 1.54) is 12.3 Å². The largest absolute Gasteiger partial charge is 0.481 e. The van der Waals surface area contributed by atoms with Gasteiger partial charge in [-0.1, -0.05) is 6.07 Å². The lowest BCUT2D eigenvalue weighted by molar-refractivity contribution is -0.144. The Morgan fingerprint density at radius 1 is 1.50 bits per heavy atom. The molecule has 0 saturated heterocycles. The maximum Gasteiger partial charge on any atom is 0.309 e. The van der Waals surface area contributed by atoms with Gasteiger partial charge < -0.3 is 5.11 Å². The Bertz CT molecular complexity index is 314. The van der Waals surface area contributed by atoms with Crippen LogP contribution in [0.15, 0.2) is 24.4 Å². The molecule has 3 nitrogen and oxygen atoms in total. The molecule has 5 heteroatoms. The van der Waals surface area contributed by atoms with Crippen LogP contribution in [0, 0.1) is 0 Å². The van der Waals surface area contributed by atoms with Gasteiger partial charge in [-0.3, -0.25) is 9.78 Å². The van der Waals surface area contributed by atoms with Crippen molar-refractivity contribution in [1.29, 1.82) is 0 Å². The molecule has 1 aromatic rings. The third-order valence-electron chi connectivity index (χ3n) is 1.58. The van der Waals surface area contributed by atoms with Gasteiger partial charge in [0.1, 0.15) is 6.42 Å². The van der Waals surface area contributed by atoms with E-state index in [9.17, 15) is 13.6 Å². The smallest absolute Gasteiger partial charge is 0.309 e. The van der Waals surface area contributed by atoms with Crippen molar-refractivity contribution in [2.24, 2.45) is 0 Å². The number of hydrogen-bond donors (Lipinski definition) is 1. The molecule has 0 atom stereocenters. The number of alkyl halides is 2. The molecule has 76 valence electrons. The van der Waals surface area contributed by atoms with Crippen molar-refractivity contribution in [2.75, 3.05) is 0 Å². The standard InChI is InChI=1S/C9H9F2NO2/c10-9(11,6-8(13)14)5-7-3-1-2-4-12-7/h1-4H,5-6H2,(H,13,14). The molecule has 1 rings (SSSR count). The molecular weight excluding hydrogens is 192 g/mol. The summed E-state index contributed by atoms with van der Waals surface area (Å²) < 4.78 is 25.9. The number of halogens is 2. The molecule has 1 heterocycles. The molecule has 0 spiro atoms. The summed E-state index contributed by atoms with van der Waals surface area (Å²) in [5.41, 5.74) is 0.193. The number of pyridine rings is 1. The van der Waals surface area contributed by atoms with Gasteiger partial charge in [0.25, 0.3) is 5.92 Å². The Hall–Kier alpha value is -1.52. The number of aliphatic carboxylic acids is 1. The number of aromatic nitrogens is 1. The average molecular weight is 201 g/mol. The molecule has 0 saturated carbocycles. The summed E-state index contributed by atoms with van der Waals surface area (Å²) in [6.07, 6.45) is -0.407. The van der Waals surface area contributed by atoms with Gasteiger partial charge in [0, 0.05) is 11.9 Å². The summed E-state index contributed by atoms with van der Waals surface area (Å²) >= 11 is 0. The summed E-state index contributed by atoms with van der Waals surface area (Å²) in [4.78, 5) is 13.8. The van der Waals surface area contributed by atoms with Crippen LogP contribution in [-0.2, 0) is 11.2 Å². The fraction of sp³-hybridized carbons (Fsp3) is 0.333. The van der Waals surface area contributed by atoms with Gasteiger partial charge in [-0.25, -0.2) is 8.78 Å². The van der Waals surface area contributed by atoms with E-state index in [1.807, 2.05) is 0 Å². The molecule has 1 aromatic heterocycles. The van der Waals surface area contributed by atoms with Crippen LogP contribution < -0.4 is 0 Å². The molecule has 0 aliphatic carbocycles. The van der Waals surface area contributed by atoms with E-state index in [0.717, 1.165) is 0 Å². The highest BCUT2D eigenvalue weighted by Gasteiger charge is 2.32. The monoisotopic (exact) mass is 201 g/mol. The van der Waals surface area contributed by atoms with Crippen LogP contribution in [0.3, 0.4) is 0 Å². The van der Waals surface area contributed by atoms with E-state index in [1.54, 1.807) is 12.1 Å². The molecule has 0 aliphatic heterocycles. The van der Waals surface area contributed by atoms with Crippen LogP contribution in [0.5, 0.6) is 0 Å². The fourth-order valence-electron chi connectivity index (χ4n) is 1.05. The molecule has 0 unspecified atom stereocenters. The Morgan fingerprint density at radius 3 is 2.71 bits per heavy atom. The molecule has 0 bridgehead atoms. The van der Waals surface area contributed by atoms with Gasteiger partial charge >= 0.3 is 5.97 Å². The summed E-state index contributed by atoms with van der Waals surface area (Å²) in [7, 11) is 0. The van der Waals surface area contributed by atoms with E-state index in [0.29, 0.717) is 0 Å². The third kappa shape index (κ3) is 3.47. The second-order valence-corrected chi connectivity index (χ2v) is 2.92. The van der Waals surface area contributed by atoms with Gasteiger partial charge in [-0.2, -0.15) is 0 Å². The minimum Gasteiger partial charge on any atom is -0.481 e. The maximum absolute atomic E-state index is 12.9. The zero-order valence-corrected chi connectivity index (χ0v) is 7.28. The van der Waals surface area contributed by atoms with Crippen LogP contribution >= 0.6 is 0 Å². The van der Waals surface area contributed by atoms with Gasteiger partial charge in [0.15, 0.2) is 0 Å². The maximum atomic E-state index is 12.9. The molecule has 14 heavy (non-hydrogen) atoms. The second-order valence-electron chi connectivity index (χ2n) is 2.92. The third-order valence-corrected chi connectivity index (χ3v) is 1.58. The van der Waals surface area contributed by atoms with Crippen LogP contribution in [0.1, 0.15) is 12.1 Å². The highest BCUT2D eigenvalue weighted by atomic mass is 19.3. The topological polar surface area (TPSA) is 50.2 Å². The summed E-state index contributed by atoms with van der Waals surface area (Å²) in [6.45, 7) is 0. The van der Waals surface area contributed by atoms with E-state index in [-0.39, 0.29) is 5.69 Å². The number of hydrogen-bond acceptors (Lipinski definition) is 2. The summed E-state index contributed by atoms with van der Waals surface area (Å²) in [5, 5.41) is 8.23. The van der Waals surface area contributed by atoms with Crippen molar-refractivity contribution in [3.8, 4) is 0 Å². The highest BCUT2D eigenvalue weighted by Crippen LogP contribution is 2.22. The zero-order chi connectivity index (χ0) is 10.6. The lowest BCUT2D eigenvalue weighted by atomic mass is 10.1. The van der Waals surface area contributed by atoms with Crippen molar-refractivity contribution < 1.29 is 18.7 Å². The van der Waals surface area contributed by atoms with Crippen LogP contribution in [0.2, 0.25) is 0 Å².